The van der Waals surface area contributed by atoms with E-state index in [1.807, 2.05) is 60.7 Å². The number of carbonyl (C=O) groups is 1. The molecule has 4 aromatic rings. The van der Waals surface area contributed by atoms with Crippen molar-refractivity contribution in [2.45, 2.75) is 10.9 Å². The summed E-state index contributed by atoms with van der Waals surface area (Å²) in [6, 6.07) is 22.8. The van der Waals surface area contributed by atoms with Gasteiger partial charge in [0.15, 0.2) is 16.7 Å². The Hall–Kier alpha value is -3.65. The van der Waals surface area contributed by atoms with E-state index in [4.69, 9.17) is 14.2 Å². The van der Waals surface area contributed by atoms with Gasteiger partial charge in [-0.15, -0.1) is 0 Å². The first-order chi connectivity index (χ1) is 15.7. The van der Waals surface area contributed by atoms with Crippen molar-refractivity contribution in [3.63, 3.8) is 0 Å². The van der Waals surface area contributed by atoms with Gasteiger partial charge >= 0.3 is 6.09 Å². The molecule has 0 aliphatic carbocycles. The number of benzene rings is 3. The van der Waals surface area contributed by atoms with Crippen LogP contribution in [0.4, 0.5) is 10.5 Å². The largest absolute Gasteiger partial charge is 0.493 e. The molecule has 4 rings (SSSR count). The Morgan fingerprint density at radius 1 is 1.00 bits per heavy atom. The average Bonchev–Trinajstić information content (AvgIpc) is 3.24. The van der Waals surface area contributed by atoms with Crippen molar-refractivity contribution in [2.24, 2.45) is 0 Å². The molecule has 8 heteroatoms. The van der Waals surface area contributed by atoms with Crippen molar-refractivity contribution in [1.29, 1.82) is 0 Å². The average molecular weight is 450 g/mol. The van der Waals surface area contributed by atoms with Gasteiger partial charge in [-0.2, -0.15) is 0 Å². The van der Waals surface area contributed by atoms with Crippen LogP contribution in [0.5, 0.6) is 11.5 Å². The maximum absolute atomic E-state index is 11.9. The Bertz CT molecular complexity index is 1150. The van der Waals surface area contributed by atoms with Crippen molar-refractivity contribution in [1.82, 2.24) is 9.97 Å². The molecule has 0 radical (unpaired) electrons. The molecule has 0 aliphatic rings. The third-order valence-corrected chi connectivity index (χ3v) is 5.51. The molecule has 0 unspecified atom stereocenters. The summed E-state index contributed by atoms with van der Waals surface area (Å²) in [5, 5.41) is 3.51. The van der Waals surface area contributed by atoms with Gasteiger partial charge in [-0.25, -0.2) is 9.78 Å². The van der Waals surface area contributed by atoms with E-state index in [-0.39, 0.29) is 13.2 Å². The van der Waals surface area contributed by atoms with Gasteiger partial charge in [-0.05, 0) is 30.3 Å². The van der Waals surface area contributed by atoms with Crippen LogP contribution in [0.2, 0.25) is 0 Å². The summed E-state index contributed by atoms with van der Waals surface area (Å²) in [5.74, 6) is 1.92. The number of hydrogen-bond donors (Lipinski definition) is 2. The second-order valence-electron chi connectivity index (χ2n) is 6.77. The first kappa shape index (κ1) is 21.6. The second kappa shape index (κ2) is 10.6. The molecule has 32 heavy (non-hydrogen) atoms. The molecule has 0 atom stereocenters. The predicted octanol–water partition coefficient (Wildman–Crippen LogP) is 5.49. The predicted molar refractivity (Wildman–Crippen MR) is 126 cm³/mol. The van der Waals surface area contributed by atoms with Gasteiger partial charge in [0.1, 0.15) is 13.2 Å². The molecule has 0 spiro atoms. The highest BCUT2D eigenvalue weighted by atomic mass is 32.2. The molecule has 0 saturated carbocycles. The fourth-order valence-electron chi connectivity index (χ4n) is 3.13. The van der Waals surface area contributed by atoms with E-state index >= 15 is 0 Å². The van der Waals surface area contributed by atoms with Crippen LogP contribution in [0.1, 0.15) is 5.56 Å². The Kier molecular flexibility index (Phi) is 7.14. The lowest BCUT2D eigenvalue weighted by molar-refractivity contribution is 0.136. The van der Waals surface area contributed by atoms with Crippen molar-refractivity contribution in [3.8, 4) is 11.5 Å². The number of aromatic amines is 1. The van der Waals surface area contributed by atoms with Crippen LogP contribution in [0.25, 0.3) is 11.0 Å². The van der Waals surface area contributed by atoms with Crippen LogP contribution in [0.3, 0.4) is 0 Å². The van der Waals surface area contributed by atoms with E-state index in [1.165, 1.54) is 0 Å². The van der Waals surface area contributed by atoms with Gasteiger partial charge in [0.25, 0.3) is 0 Å². The molecule has 7 nitrogen and oxygen atoms in total. The number of anilines is 1. The Morgan fingerprint density at radius 2 is 1.81 bits per heavy atom. The number of nitrogens with one attached hydrogen (secondary N) is 2. The summed E-state index contributed by atoms with van der Waals surface area (Å²) in [6.45, 7) is 0.318. The zero-order chi connectivity index (χ0) is 22.2. The molecule has 0 saturated heterocycles. The number of imidazole rings is 1. The van der Waals surface area contributed by atoms with Crippen LogP contribution < -0.4 is 14.8 Å². The van der Waals surface area contributed by atoms with Crippen LogP contribution in [0.15, 0.2) is 78.0 Å². The third kappa shape index (κ3) is 5.53. The van der Waals surface area contributed by atoms with E-state index in [9.17, 15) is 4.79 Å². The van der Waals surface area contributed by atoms with E-state index < -0.39 is 6.09 Å². The number of aromatic nitrogens is 2. The van der Waals surface area contributed by atoms with Gasteiger partial charge in [0.05, 0.1) is 18.1 Å². The normalized spacial score (nSPS) is 10.7. The summed E-state index contributed by atoms with van der Waals surface area (Å²) in [5.41, 5.74) is 3.61. The maximum atomic E-state index is 11.9. The molecule has 2 N–H and O–H groups in total. The number of methoxy groups -OCH3 is 1. The Morgan fingerprint density at radius 3 is 2.62 bits per heavy atom. The van der Waals surface area contributed by atoms with E-state index in [0.717, 1.165) is 21.8 Å². The lowest BCUT2D eigenvalue weighted by Gasteiger charge is -2.14. The van der Waals surface area contributed by atoms with Crippen molar-refractivity contribution in [3.05, 3.63) is 78.4 Å². The molecule has 1 heterocycles. The number of H-pyrrole nitrogens is 1. The number of amides is 1. The minimum Gasteiger partial charge on any atom is -0.493 e. The summed E-state index contributed by atoms with van der Waals surface area (Å²) in [4.78, 5) is 19.8. The Labute approximate surface area is 190 Å². The molecular weight excluding hydrogens is 426 g/mol. The number of thioether (sulfide) groups is 1. The lowest BCUT2D eigenvalue weighted by Crippen LogP contribution is -2.17. The van der Waals surface area contributed by atoms with Crippen molar-refractivity contribution < 1.29 is 19.0 Å². The number of hydrogen-bond acceptors (Lipinski definition) is 6. The maximum Gasteiger partial charge on any atom is 0.411 e. The monoisotopic (exact) mass is 449 g/mol. The highest BCUT2D eigenvalue weighted by molar-refractivity contribution is 7.98. The smallest absolute Gasteiger partial charge is 0.411 e. The Balaban J connectivity index is 1.30. The zero-order valence-electron chi connectivity index (χ0n) is 17.5. The summed E-state index contributed by atoms with van der Waals surface area (Å²) in [7, 11) is 1.61. The highest BCUT2D eigenvalue weighted by Gasteiger charge is 2.12. The molecule has 0 bridgehead atoms. The van der Waals surface area contributed by atoms with Crippen LogP contribution >= 0.6 is 11.8 Å². The minimum atomic E-state index is -0.525. The van der Waals surface area contributed by atoms with Gasteiger partial charge in [0.2, 0.25) is 0 Å². The molecular formula is C24H23N3O4S. The molecule has 0 fully saturated rings. The van der Waals surface area contributed by atoms with Crippen LogP contribution in [-0.2, 0) is 10.5 Å². The van der Waals surface area contributed by atoms with Gasteiger partial charge in [-0.1, -0.05) is 54.2 Å². The standard InChI is InChI=1S/C24H23N3O4S/c1-29-22-17(16-32-23-26-19-11-5-6-12-20(19)27-23)8-7-13-21(22)30-14-15-31-24(28)25-18-9-3-2-4-10-18/h2-13H,14-16H2,1H3,(H,25,28)(H,26,27). The number of carbonyl (C=O) groups excluding carboxylic acids is 1. The molecule has 164 valence electrons. The number of nitrogens with zero attached hydrogens (tertiary/aromatic N) is 1. The fraction of sp³-hybridized carbons (Fsp3) is 0.167. The van der Waals surface area contributed by atoms with Crippen LogP contribution in [-0.4, -0.2) is 36.4 Å². The van der Waals surface area contributed by atoms with Crippen molar-refractivity contribution in [2.75, 3.05) is 25.6 Å². The third-order valence-electron chi connectivity index (χ3n) is 4.59. The fourth-order valence-corrected chi connectivity index (χ4v) is 3.99. The molecule has 3 aromatic carbocycles. The molecule has 1 amide bonds. The second-order valence-corrected chi connectivity index (χ2v) is 7.74. The highest BCUT2D eigenvalue weighted by Crippen LogP contribution is 2.34. The van der Waals surface area contributed by atoms with Gasteiger partial charge < -0.3 is 19.2 Å². The van der Waals surface area contributed by atoms with E-state index in [0.29, 0.717) is 22.9 Å². The topological polar surface area (TPSA) is 85.5 Å². The van der Waals surface area contributed by atoms with Crippen molar-refractivity contribution >= 4 is 34.6 Å². The van der Waals surface area contributed by atoms with Gasteiger partial charge in [0, 0.05) is 17.0 Å². The van der Waals surface area contributed by atoms with E-state index in [1.54, 1.807) is 31.0 Å². The van der Waals surface area contributed by atoms with Crippen LogP contribution in [0, 0.1) is 0 Å². The van der Waals surface area contributed by atoms with Gasteiger partial charge in [-0.3, -0.25) is 5.32 Å². The summed E-state index contributed by atoms with van der Waals surface area (Å²) < 4.78 is 16.6. The number of fused-ring (bicyclic) bond motifs is 1. The SMILES string of the molecule is COc1c(CSc2nc3ccccc3[nH]2)cccc1OCCOC(=O)Nc1ccccc1. The minimum absolute atomic E-state index is 0.111. The first-order valence-corrected chi connectivity index (χ1v) is 11.1. The number of rotatable bonds is 9. The molecule has 0 aliphatic heterocycles. The quantitative estimate of drug-likeness (QED) is 0.260. The van der Waals surface area contributed by atoms with E-state index in [2.05, 4.69) is 15.3 Å². The molecule has 1 aromatic heterocycles. The lowest BCUT2D eigenvalue weighted by atomic mass is 10.2. The number of para-hydroxylation sites is 4. The summed E-state index contributed by atoms with van der Waals surface area (Å²) >= 11 is 1.59. The zero-order valence-corrected chi connectivity index (χ0v) is 18.4. The number of ether oxygens (including phenoxy) is 3. The summed E-state index contributed by atoms with van der Waals surface area (Å²) in [6.07, 6.45) is -0.525. The first-order valence-electron chi connectivity index (χ1n) is 10.1.